The fourth-order valence-corrected chi connectivity index (χ4v) is 6.51. The molecule has 0 saturated heterocycles. The number of carbonyl (C=O) groups is 2. The largest absolute Gasteiger partial charge is 0.496 e. The molecule has 2 heterocycles. The second-order valence-electron chi connectivity index (χ2n) is 10.4. The zero-order valence-electron chi connectivity index (χ0n) is 23.2. The first-order valence-corrected chi connectivity index (χ1v) is 14.6. The van der Waals surface area contributed by atoms with Gasteiger partial charge in [0, 0.05) is 28.4 Å². The summed E-state index contributed by atoms with van der Waals surface area (Å²) in [6.07, 6.45) is 6.94. The molecule has 0 radical (unpaired) electrons. The Morgan fingerprint density at radius 1 is 1.07 bits per heavy atom. The molecule has 1 aliphatic carbocycles. The minimum atomic E-state index is -0.999. The van der Waals surface area contributed by atoms with Crippen LogP contribution in [0.5, 0.6) is 11.5 Å². The van der Waals surface area contributed by atoms with Crippen LogP contribution in [0.3, 0.4) is 0 Å². The topological polar surface area (TPSA) is 93.9 Å². The predicted molar refractivity (Wildman–Crippen MR) is 158 cm³/mol. The number of aromatic nitrogens is 2. The molecular formula is C31H35N3O5S. The molecule has 1 fully saturated rings. The average Bonchev–Trinajstić information content (AvgIpc) is 3.59. The summed E-state index contributed by atoms with van der Waals surface area (Å²) in [5.74, 6) is 0.726. The van der Waals surface area contributed by atoms with Crippen molar-refractivity contribution in [2.75, 3.05) is 25.7 Å². The van der Waals surface area contributed by atoms with Crippen LogP contribution in [-0.2, 0) is 11.3 Å². The number of fused-ring (bicyclic) bond motifs is 1. The van der Waals surface area contributed by atoms with Gasteiger partial charge in [-0.2, -0.15) is 0 Å². The van der Waals surface area contributed by atoms with Crippen molar-refractivity contribution in [3.63, 3.8) is 0 Å². The highest BCUT2D eigenvalue weighted by atomic mass is 32.1. The summed E-state index contributed by atoms with van der Waals surface area (Å²) in [4.78, 5) is 32.7. The van der Waals surface area contributed by atoms with Crippen molar-refractivity contribution >= 4 is 39.2 Å². The molecule has 0 aliphatic heterocycles. The molecule has 1 N–H and O–H groups in total. The van der Waals surface area contributed by atoms with Gasteiger partial charge in [0.2, 0.25) is 0 Å². The minimum absolute atomic E-state index is 0.248. The van der Waals surface area contributed by atoms with Gasteiger partial charge in [-0.15, -0.1) is 11.3 Å². The van der Waals surface area contributed by atoms with Crippen LogP contribution in [0.2, 0.25) is 0 Å². The van der Waals surface area contributed by atoms with Crippen LogP contribution in [0.25, 0.3) is 22.2 Å². The lowest BCUT2D eigenvalue weighted by Crippen LogP contribution is -2.35. The number of methoxy groups -OCH3 is 2. The van der Waals surface area contributed by atoms with Crippen LogP contribution in [0.15, 0.2) is 47.8 Å². The van der Waals surface area contributed by atoms with Gasteiger partial charge in [-0.3, -0.25) is 14.5 Å². The third-order valence-corrected chi connectivity index (χ3v) is 8.63. The average molecular weight is 562 g/mol. The molecule has 8 nitrogen and oxygen atoms in total. The van der Waals surface area contributed by atoms with Crippen molar-refractivity contribution in [3.05, 3.63) is 59.1 Å². The molecule has 0 spiro atoms. The summed E-state index contributed by atoms with van der Waals surface area (Å²) >= 11 is 1.40. The van der Waals surface area contributed by atoms with Crippen molar-refractivity contribution < 1.29 is 24.2 Å². The van der Waals surface area contributed by atoms with Crippen molar-refractivity contribution in [1.82, 2.24) is 9.55 Å². The maximum Gasteiger partial charge on any atom is 0.323 e. The second kappa shape index (κ2) is 12.1. The van der Waals surface area contributed by atoms with Gasteiger partial charge >= 0.3 is 5.97 Å². The first-order chi connectivity index (χ1) is 19.4. The highest BCUT2D eigenvalue weighted by Crippen LogP contribution is 2.38. The summed E-state index contributed by atoms with van der Waals surface area (Å²) in [5.41, 5.74) is 3.49. The van der Waals surface area contributed by atoms with E-state index in [4.69, 9.17) is 14.5 Å². The molecule has 5 rings (SSSR count). The monoisotopic (exact) mass is 561 g/mol. The number of benzene rings is 2. The summed E-state index contributed by atoms with van der Waals surface area (Å²) in [7, 11) is 3.26. The molecule has 0 unspecified atom stereocenters. The number of carbonyl (C=O) groups excluding carboxylic acids is 1. The first-order valence-electron chi connectivity index (χ1n) is 13.7. The van der Waals surface area contributed by atoms with E-state index in [1.165, 1.54) is 43.4 Å². The Morgan fingerprint density at radius 3 is 2.55 bits per heavy atom. The van der Waals surface area contributed by atoms with Crippen molar-refractivity contribution in [1.29, 1.82) is 0 Å². The molecule has 0 bridgehead atoms. The van der Waals surface area contributed by atoms with E-state index in [1.807, 2.05) is 48.7 Å². The van der Waals surface area contributed by atoms with E-state index in [-0.39, 0.29) is 12.5 Å². The molecule has 4 aromatic rings. The number of rotatable bonds is 10. The molecular weight excluding hydrogens is 526 g/mol. The number of amides is 1. The molecule has 1 aliphatic rings. The van der Waals surface area contributed by atoms with Gasteiger partial charge in [0.05, 0.1) is 19.9 Å². The van der Waals surface area contributed by atoms with E-state index in [1.54, 1.807) is 29.8 Å². The molecule has 9 heteroatoms. The Kier molecular flexibility index (Phi) is 8.40. The van der Waals surface area contributed by atoms with Crippen LogP contribution < -0.4 is 14.4 Å². The van der Waals surface area contributed by atoms with Crippen molar-refractivity contribution in [2.24, 2.45) is 5.92 Å². The number of nitrogens with zero attached hydrogens (tertiary/aromatic N) is 3. The fraction of sp³-hybridized carbons (Fsp3) is 0.387. The number of para-hydroxylation sites is 1. The van der Waals surface area contributed by atoms with Gasteiger partial charge in [0.1, 0.15) is 23.7 Å². The molecule has 1 amide bonds. The number of ether oxygens (including phenoxy) is 2. The highest BCUT2D eigenvalue weighted by molar-refractivity contribution is 7.14. The lowest BCUT2D eigenvalue weighted by Gasteiger charge is -2.26. The molecule has 0 atom stereocenters. The summed E-state index contributed by atoms with van der Waals surface area (Å²) < 4.78 is 12.8. The van der Waals surface area contributed by atoms with E-state index in [0.717, 1.165) is 34.2 Å². The number of hydrogen-bond donors (Lipinski definition) is 1. The highest BCUT2D eigenvalue weighted by Gasteiger charge is 2.27. The third-order valence-electron chi connectivity index (χ3n) is 7.77. The van der Waals surface area contributed by atoms with Gasteiger partial charge in [-0.25, -0.2) is 4.98 Å². The molecule has 40 heavy (non-hydrogen) atoms. The quantitative estimate of drug-likeness (QED) is 0.229. The Labute approximate surface area is 238 Å². The van der Waals surface area contributed by atoms with Crippen LogP contribution in [0.1, 0.15) is 54.6 Å². The Balaban J connectivity index is 1.54. The van der Waals surface area contributed by atoms with Crippen LogP contribution in [0, 0.1) is 12.8 Å². The van der Waals surface area contributed by atoms with E-state index >= 15 is 0 Å². The molecule has 1 saturated carbocycles. The SMILES string of the molecule is COc1cc(-c2csc(N(CCC3CCCCC3)C(=O)c3cc4ccccc4n3CC(=O)O)n2)c(OC)cc1C. The van der Waals surface area contributed by atoms with Gasteiger partial charge < -0.3 is 19.1 Å². The van der Waals surface area contributed by atoms with Crippen LogP contribution in [-0.4, -0.2) is 47.3 Å². The minimum Gasteiger partial charge on any atom is -0.496 e. The zero-order valence-corrected chi connectivity index (χ0v) is 24.0. The van der Waals surface area contributed by atoms with Crippen molar-refractivity contribution in [2.45, 2.75) is 52.0 Å². The standard InChI is InChI=1S/C31H35N3O5S/c1-20-15-28(39-3)23(17-27(20)38-2)24-19-40-31(32-24)33(14-13-21-9-5-4-6-10-21)30(37)26-16-22-11-7-8-12-25(22)34(26)18-29(35)36/h7-8,11-12,15-17,19,21H,4-6,9-10,13-14,18H2,1-3H3,(H,35,36). The lowest BCUT2D eigenvalue weighted by molar-refractivity contribution is -0.137. The first kappa shape index (κ1) is 27.7. The summed E-state index contributed by atoms with van der Waals surface area (Å²) in [5, 5.41) is 13.0. The Bertz CT molecular complexity index is 1520. The normalized spacial score (nSPS) is 13.9. The van der Waals surface area contributed by atoms with E-state index < -0.39 is 5.97 Å². The number of thiazole rings is 1. The maximum atomic E-state index is 14.2. The van der Waals surface area contributed by atoms with Gasteiger partial charge in [-0.1, -0.05) is 50.3 Å². The number of aryl methyl sites for hydroxylation is 1. The van der Waals surface area contributed by atoms with Gasteiger partial charge in [0.15, 0.2) is 5.13 Å². The summed E-state index contributed by atoms with van der Waals surface area (Å²) in [6, 6.07) is 13.1. The maximum absolute atomic E-state index is 14.2. The van der Waals surface area contributed by atoms with Gasteiger partial charge in [0.25, 0.3) is 5.91 Å². The zero-order chi connectivity index (χ0) is 28.2. The lowest BCUT2D eigenvalue weighted by atomic mass is 9.87. The molecule has 210 valence electrons. The number of aliphatic carboxylic acids is 1. The predicted octanol–water partition coefficient (Wildman–Crippen LogP) is 6.79. The molecule has 2 aromatic carbocycles. The number of carboxylic acid groups (broad SMARTS) is 1. The Hall–Kier alpha value is -3.85. The second-order valence-corrected chi connectivity index (χ2v) is 11.2. The third kappa shape index (κ3) is 5.70. The van der Waals surface area contributed by atoms with E-state index in [0.29, 0.717) is 34.7 Å². The smallest absolute Gasteiger partial charge is 0.323 e. The van der Waals surface area contributed by atoms with Crippen molar-refractivity contribution in [3.8, 4) is 22.8 Å². The Morgan fingerprint density at radius 2 is 1.82 bits per heavy atom. The van der Waals surface area contributed by atoms with Gasteiger partial charge in [-0.05, 0) is 49.1 Å². The number of hydrogen-bond acceptors (Lipinski definition) is 6. The fourth-order valence-electron chi connectivity index (χ4n) is 5.67. The summed E-state index contributed by atoms with van der Waals surface area (Å²) in [6.45, 7) is 2.17. The number of anilines is 1. The van der Waals surface area contributed by atoms with Crippen LogP contribution in [0.4, 0.5) is 5.13 Å². The molecule has 2 aromatic heterocycles. The number of carboxylic acids is 1. The van der Waals surface area contributed by atoms with E-state index in [2.05, 4.69) is 0 Å². The van der Waals surface area contributed by atoms with E-state index in [9.17, 15) is 14.7 Å². The van der Waals surface area contributed by atoms with Crippen LogP contribution >= 0.6 is 11.3 Å².